The molecule has 2 atom stereocenters. The minimum Gasteiger partial charge on any atom is -0.326 e. The number of likely N-dealkylation sites (N-methyl/N-ethyl adjacent to an activating group) is 1. The summed E-state index contributed by atoms with van der Waals surface area (Å²) in [6.07, 6.45) is 1.06. The lowest BCUT2D eigenvalue weighted by Gasteiger charge is -2.34. The number of nitrogens with two attached hydrogens (primary N) is 1. The van der Waals surface area contributed by atoms with Crippen molar-refractivity contribution in [2.45, 2.75) is 59.2 Å². The Balaban J connectivity index is 4.10. The summed E-state index contributed by atoms with van der Waals surface area (Å²) in [5, 5.41) is 0. The molecule has 0 aromatic rings. The van der Waals surface area contributed by atoms with Crippen LogP contribution in [0.4, 0.5) is 0 Å². The lowest BCUT2D eigenvalue weighted by molar-refractivity contribution is 0.150. The van der Waals surface area contributed by atoms with Gasteiger partial charge in [0.2, 0.25) is 0 Å². The van der Waals surface area contributed by atoms with Crippen molar-refractivity contribution in [1.82, 2.24) is 4.90 Å². The maximum absolute atomic E-state index is 5.99. The van der Waals surface area contributed by atoms with Gasteiger partial charge in [-0.15, -0.1) is 0 Å². The molecule has 2 heteroatoms. The van der Waals surface area contributed by atoms with Crippen LogP contribution in [-0.4, -0.2) is 29.6 Å². The quantitative estimate of drug-likeness (QED) is 0.685. The second-order valence-electron chi connectivity index (χ2n) is 3.74. The summed E-state index contributed by atoms with van der Waals surface area (Å²) in [5.74, 6) is 0. The normalized spacial score (nSPS) is 17.0. The zero-order valence-electron chi connectivity index (χ0n) is 9.17. The Kier molecular flexibility index (Phi) is 5.51. The molecule has 0 aromatic heterocycles. The van der Waals surface area contributed by atoms with Gasteiger partial charge in [0.25, 0.3) is 0 Å². The highest BCUT2D eigenvalue weighted by Crippen LogP contribution is 2.09. The smallest absolute Gasteiger partial charge is 0.0221 e. The topological polar surface area (TPSA) is 29.3 Å². The van der Waals surface area contributed by atoms with E-state index in [9.17, 15) is 0 Å². The van der Waals surface area contributed by atoms with E-state index in [4.69, 9.17) is 5.73 Å². The molecule has 0 radical (unpaired) electrons. The van der Waals surface area contributed by atoms with E-state index in [2.05, 4.69) is 39.5 Å². The maximum Gasteiger partial charge on any atom is 0.0221 e. The molecule has 0 fully saturated rings. The van der Waals surface area contributed by atoms with Gasteiger partial charge in [0, 0.05) is 18.1 Å². The van der Waals surface area contributed by atoms with E-state index in [1.807, 2.05) is 0 Å². The first-order valence-electron chi connectivity index (χ1n) is 5.05. The molecule has 0 saturated carbocycles. The Morgan fingerprint density at radius 3 is 1.92 bits per heavy atom. The SMILES string of the molecule is CCC(N)C(C)N(CC)C(C)C. The van der Waals surface area contributed by atoms with E-state index in [1.54, 1.807) is 0 Å². The third-order valence-corrected chi connectivity index (χ3v) is 2.64. The molecule has 74 valence electrons. The van der Waals surface area contributed by atoms with Crippen molar-refractivity contribution in [3.8, 4) is 0 Å². The highest BCUT2D eigenvalue weighted by Gasteiger charge is 2.19. The Bertz CT molecular complexity index is 112. The van der Waals surface area contributed by atoms with Gasteiger partial charge in [0.15, 0.2) is 0 Å². The van der Waals surface area contributed by atoms with E-state index in [1.165, 1.54) is 0 Å². The van der Waals surface area contributed by atoms with Gasteiger partial charge < -0.3 is 5.73 Å². The van der Waals surface area contributed by atoms with Crippen LogP contribution in [0.25, 0.3) is 0 Å². The van der Waals surface area contributed by atoms with Crippen LogP contribution in [-0.2, 0) is 0 Å². The van der Waals surface area contributed by atoms with Crippen LogP contribution in [0, 0.1) is 0 Å². The zero-order chi connectivity index (χ0) is 9.72. The van der Waals surface area contributed by atoms with E-state index in [-0.39, 0.29) is 0 Å². The Morgan fingerprint density at radius 1 is 1.17 bits per heavy atom. The zero-order valence-corrected chi connectivity index (χ0v) is 9.17. The summed E-state index contributed by atoms with van der Waals surface area (Å²) < 4.78 is 0. The van der Waals surface area contributed by atoms with Gasteiger partial charge in [0.05, 0.1) is 0 Å². The Hall–Kier alpha value is -0.0800. The first-order chi connectivity index (χ1) is 5.54. The highest BCUT2D eigenvalue weighted by molar-refractivity contribution is 4.78. The predicted octanol–water partition coefficient (Wildman–Crippen LogP) is 1.84. The van der Waals surface area contributed by atoms with Crippen molar-refractivity contribution in [3.05, 3.63) is 0 Å². The van der Waals surface area contributed by atoms with Gasteiger partial charge in [0.1, 0.15) is 0 Å². The van der Waals surface area contributed by atoms with E-state index < -0.39 is 0 Å². The van der Waals surface area contributed by atoms with Crippen LogP contribution in [0.3, 0.4) is 0 Å². The summed E-state index contributed by atoms with van der Waals surface area (Å²) in [6.45, 7) is 12.1. The van der Waals surface area contributed by atoms with E-state index in [0.717, 1.165) is 13.0 Å². The van der Waals surface area contributed by atoms with Crippen LogP contribution < -0.4 is 5.73 Å². The van der Waals surface area contributed by atoms with Crippen LogP contribution in [0.1, 0.15) is 41.0 Å². The second kappa shape index (κ2) is 5.55. The lowest BCUT2D eigenvalue weighted by Crippen LogP contribution is -2.48. The number of hydrogen-bond acceptors (Lipinski definition) is 2. The first-order valence-corrected chi connectivity index (χ1v) is 5.05. The molecule has 0 rings (SSSR count). The van der Waals surface area contributed by atoms with E-state index >= 15 is 0 Å². The predicted molar refractivity (Wildman–Crippen MR) is 55.2 cm³/mol. The fraction of sp³-hybridized carbons (Fsp3) is 1.00. The van der Waals surface area contributed by atoms with Gasteiger partial charge in [-0.25, -0.2) is 0 Å². The third kappa shape index (κ3) is 3.11. The molecular weight excluding hydrogens is 148 g/mol. The summed E-state index contributed by atoms with van der Waals surface area (Å²) in [4.78, 5) is 2.44. The summed E-state index contributed by atoms with van der Waals surface area (Å²) in [5.41, 5.74) is 5.99. The molecule has 2 N–H and O–H groups in total. The summed E-state index contributed by atoms with van der Waals surface area (Å²) in [7, 11) is 0. The van der Waals surface area contributed by atoms with Crippen LogP contribution in [0.15, 0.2) is 0 Å². The number of hydrogen-bond donors (Lipinski definition) is 1. The summed E-state index contributed by atoms with van der Waals surface area (Å²) in [6, 6.07) is 1.41. The molecule has 2 nitrogen and oxygen atoms in total. The molecular formula is C10H24N2. The standard InChI is InChI=1S/C10H24N2/c1-6-10(11)9(5)12(7-2)8(3)4/h8-10H,6-7,11H2,1-5H3. The van der Waals surface area contributed by atoms with Crippen molar-refractivity contribution in [1.29, 1.82) is 0 Å². The minimum absolute atomic E-state index is 0.312. The first kappa shape index (κ1) is 11.9. The Labute approximate surface area is 77.1 Å². The fourth-order valence-corrected chi connectivity index (χ4v) is 1.71. The van der Waals surface area contributed by atoms with Gasteiger partial charge in [-0.2, -0.15) is 0 Å². The monoisotopic (exact) mass is 172 g/mol. The molecule has 0 saturated heterocycles. The van der Waals surface area contributed by atoms with E-state index in [0.29, 0.717) is 18.1 Å². The van der Waals surface area contributed by atoms with Crippen LogP contribution in [0.2, 0.25) is 0 Å². The van der Waals surface area contributed by atoms with Crippen molar-refractivity contribution in [2.24, 2.45) is 5.73 Å². The molecule has 0 aliphatic rings. The maximum atomic E-state index is 5.99. The van der Waals surface area contributed by atoms with Crippen molar-refractivity contribution in [3.63, 3.8) is 0 Å². The molecule has 2 unspecified atom stereocenters. The minimum atomic E-state index is 0.312. The molecule has 0 aromatic carbocycles. The molecule has 0 aliphatic carbocycles. The molecule has 0 aliphatic heterocycles. The second-order valence-corrected chi connectivity index (χ2v) is 3.74. The number of rotatable bonds is 5. The van der Waals surface area contributed by atoms with Crippen LogP contribution in [0.5, 0.6) is 0 Å². The highest BCUT2D eigenvalue weighted by atomic mass is 15.2. The van der Waals surface area contributed by atoms with Gasteiger partial charge in [-0.3, -0.25) is 4.90 Å². The molecule has 12 heavy (non-hydrogen) atoms. The molecule has 0 spiro atoms. The molecule has 0 amide bonds. The largest absolute Gasteiger partial charge is 0.326 e. The average molecular weight is 172 g/mol. The fourth-order valence-electron chi connectivity index (χ4n) is 1.71. The van der Waals surface area contributed by atoms with Gasteiger partial charge in [-0.05, 0) is 33.7 Å². The van der Waals surface area contributed by atoms with Crippen molar-refractivity contribution in [2.75, 3.05) is 6.54 Å². The molecule has 0 bridgehead atoms. The van der Waals surface area contributed by atoms with Gasteiger partial charge >= 0.3 is 0 Å². The number of nitrogens with zero attached hydrogens (tertiary/aromatic N) is 1. The van der Waals surface area contributed by atoms with Crippen molar-refractivity contribution >= 4 is 0 Å². The lowest BCUT2D eigenvalue weighted by atomic mass is 10.1. The summed E-state index contributed by atoms with van der Waals surface area (Å²) >= 11 is 0. The third-order valence-electron chi connectivity index (χ3n) is 2.64. The average Bonchev–Trinajstić information content (AvgIpc) is 2.03. The van der Waals surface area contributed by atoms with Crippen LogP contribution >= 0.6 is 0 Å². The van der Waals surface area contributed by atoms with Gasteiger partial charge in [-0.1, -0.05) is 13.8 Å². The Morgan fingerprint density at radius 2 is 1.67 bits per heavy atom. The molecule has 0 heterocycles. The van der Waals surface area contributed by atoms with Crippen molar-refractivity contribution < 1.29 is 0 Å².